The molecule has 0 unspecified atom stereocenters. The third-order valence-electron chi connectivity index (χ3n) is 3.41. The van der Waals surface area contributed by atoms with Crippen molar-refractivity contribution in [3.8, 4) is 5.75 Å². The van der Waals surface area contributed by atoms with E-state index in [9.17, 15) is 0 Å². The van der Waals surface area contributed by atoms with Gasteiger partial charge in [0.2, 0.25) is 5.16 Å². The normalized spacial score (nSPS) is 11.1. The average molecular weight is 352 g/mol. The Labute approximate surface area is 151 Å². The molecule has 3 aromatic rings. The van der Waals surface area contributed by atoms with Gasteiger partial charge in [-0.05, 0) is 24.1 Å². The number of nitrogens with zero attached hydrogens (tertiary/aromatic N) is 4. The molecule has 0 saturated carbocycles. The maximum atomic E-state index is 5.75. The van der Waals surface area contributed by atoms with Crippen LogP contribution in [0.1, 0.15) is 24.5 Å². The van der Waals surface area contributed by atoms with Crippen LogP contribution in [0.25, 0.3) is 0 Å². The number of hydrogen-bond acceptors (Lipinski definition) is 5. The molecule has 0 amide bonds. The molecule has 5 nitrogen and oxygen atoms in total. The van der Waals surface area contributed by atoms with Crippen molar-refractivity contribution in [2.24, 2.45) is 5.10 Å². The van der Waals surface area contributed by atoms with Crippen LogP contribution in [0.5, 0.6) is 5.75 Å². The van der Waals surface area contributed by atoms with Crippen LogP contribution in [-0.4, -0.2) is 27.7 Å². The molecule has 25 heavy (non-hydrogen) atoms. The van der Waals surface area contributed by atoms with Gasteiger partial charge in [0.15, 0.2) is 0 Å². The van der Waals surface area contributed by atoms with Gasteiger partial charge < -0.3 is 4.74 Å². The van der Waals surface area contributed by atoms with E-state index in [4.69, 9.17) is 4.74 Å². The van der Waals surface area contributed by atoms with E-state index in [1.807, 2.05) is 42.5 Å². The van der Waals surface area contributed by atoms with E-state index >= 15 is 0 Å². The molecule has 0 radical (unpaired) electrons. The predicted octanol–water partition coefficient (Wildman–Crippen LogP) is 4.24. The summed E-state index contributed by atoms with van der Waals surface area (Å²) in [4.78, 5) is 0. The van der Waals surface area contributed by atoms with Crippen molar-refractivity contribution in [3.05, 3.63) is 72.1 Å². The van der Waals surface area contributed by atoms with Crippen LogP contribution < -0.4 is 4.74 Å². The van der Waals surface area contributed by atoms with Crippen molar-refractivity contribution in [2.75, 3.05) is 6.61 Å². The maximum Gasteiger partial charge on any atom is 0.212 e. The second-order valence-corrected chi connectivity index (χ2v) is 6.31. The fourth-order valence-corrected chi connectivity index (χ4v) is 2.99. The zero-order valence-corrected chi connectivity index (χ0v) is 14.9. The van der Waals surface area contributed by atoms with Crippen LogP contribution in [0.2, 0.25) is 0 Å². The minimum Gasteiger partial charge on any atom is -0.493 e. The van der Waals surface area contributed by atoms with Crippen molar-refractivity contribution >= 4 is 18.0 Å². The minimum atomic E-state index is 0.690. The lowest BCUT2D eigenvalue weighted by atomic mass is 10.2. The number of benzene rings is 2. The summed E-state index contributed by atoms with van der Waals surface area (Å²) in [5.41, 5.74) is 2.17. The molecule has 0 spiro atoms. The van der Waals surface area contributed by atoms with Crippen molar-refractivity contribution in [3.63, 3.8) is 0 Å². The molecule has 0 fully saturated rings. The monoisotopic (exact) mass is 352 g/mol. The summed E-state index contributed by atoms with van der Waals surface area (Å²) >= 11 is 1.60. The summed E-state index contributed by atoms with van der Waals surface area (Å²) in [6, 6.07) is 18.1. The maximum absolute atomic E-state index is 5.75. The van der Waals surface area contributed by atoms with Gasteiger partial charge >= 0.3 is 0 Å². The fraction of sp³-hybridized carbons (Fsp3) is 0.211. The summed E-state index contributed by atoms with van der Waals surface area (Å²) in [5.74, 6) is 1.66. The summed E-state index contributed by atoms with van der Waals surface area (Å²) in [7, 11) is 0. The second kappa shape index (κ2) is 9.03. The number of thioether (sulfide) groups is 1. The van der Waals surface area contributed by atoms with Crippen molar-refractivity contribution in [1.29, 1.82) is 0 Å². The van der Waals surface area contributed by atoms with Gasteiger partial charge in [0, 0.05) is 11.3 Å². The molecule has 0 N–H and O–H groups in total. The number of aromatic nitrogens is 3. The average Bonchev–Trinajstić information content (AvgIpc) is 3.12. The van der Waals surface area contributed by atoms with Gasteiger partial charge in [-0.15, -0.1) is 10.2 Å². The van der Waals surface area contributed by atoms with Gasteiger partial charge in [-0.1, -0.05) is 61.2 Å². The molecule has 128 valence electrons. The van der Waals surface area contributed by atoms with Crippen molar-refractivity contribution in [1.82, 2.24) is 14.9 Å². The van der Waals surface area contributed by atoms with Gasteiger partial charge in [0.1, 0.15) is 12.1 Å². The van der Waals surface area contributed by atoms with E-state index in [1.54, 1.807) is 29.0 Å². The largest absolute Gasteiger partial charge is 0.493 e. The van der Waals surface area contributed by atoms with E-state index in [2.05, 4.69) is 34.4 Å². The summed E-state index contributed by atoms with van der Waals surface area (Å²) in [5, 5.41) is 13.4. The molecular weight excluding hydrogens is 332 g/mol. The highest BCUT2D eigenvalue weighted by Crippen LogP contribution is 2.21. The third-order valence-corrected chi connectivity index (χ3v) is 4.42. The van der Waals surface area contributed by atoms with E-state index in [0.717, 1.165) is 28.6 Å². The van der Waals surface area contributed by atoms with E-state index in [0.29, 0.717) is 6.61 Å². The van der Waals surface area contributed by atoms with Crippen LogP contribution in [0, 0.1) is 0 Å². The number of rotatable bonds is 8. The Hall–Kier alpha value is -2.60. The topological polar surface area (TPSA) is 52.3 Å². The molecule has 2 aromatic carbocycles. The van der Waals surface area contributed by atoms with Gasteiger partial charge in [-0.2, -0.15) is 9.78 Å². The summed E-state index contributed by atoms with van der Waals surface area (Å²) in [6.07, 6.45) is 4.36. The SMILES string of the molecule is CCCOc1ccccc1/C=N/n1cnnc1SCc1ccccc1. The van der Waals surface area contributed by atoms with Crippen LogP contribution in [0.15, 0.2) is 71.2 Å². The number of para-hydroxylation sites is 1. The highest BCUT2D eigenvalue weighted by molar-refractivity contribution is 7.98. The highest BCUT2D eigenvalue weighted by atomic mass is 32.2. The minimum absolute atomic E-state index is 0.690. The number of ether oxygens (including phenoxy) is 1. The predicted molar refractivity (Wildman–Crippen MR) is 101 cm³/mol. The molecule has 1 aromatic heterocycles. The molecule has 0 bridgehead atoms. The van der Waals surface area contributed by atoms with Crippen LogP contribution >= 0.6 is 11.8 Å². The Morgan fingerprint density at radius 2 is 1.92 bits per heavy atom. The van der Waals surface area contributed by atoms with Gasteiger partial charge in [-0.25, -0.2) is 0 Å². The van der Waals surface area contributed by atoms with Crippen LogP contribution in [-0.2, 0) is 5.75 Å². The first kappa shape index (κ1) is 17.2. The second-order valence-electron chi connectivity index (χ2n) is 5.36. The Kier molecular flexibility index (Phi) is 6.23. The standard InChI is InChI=1S/C19H20N4OS/c1-2-12-24-18-11-7-6-10-17(18)13-21-23-15-20-22-19(23)25-14-16-8-4-3-5-9-16/h3-11,13,15H,2,12,14H2,1H3/b21-13+. The molecule has 0 atom stereocenters. The van der Waals surface area contributed by atoms with E-state index in [1.165, 1.54) is 5.56 Å². The first-order valence-electron chi connectivity index (χ1n) is 8.19. The van der Waals surface area contributed by atoms with Crippen LogP contribution in [0.4, 0.5) is 0 Å². The first-order valence-corrected chi connectivity index (χ1v) is 9.18. The molecule has 0 aliphatic heterocycles. The van der Waals surface area contributed by atoms with Crippen LogP contribution in [0.3, 0.4) is 0 Å². The van der Waals surface area contributed by atoms with Gasteiger partial charge in [0.05, 0.1) is 12.8 Å². The highest BCUT2D eigenvalue weighted by Gasteiger charge is 2.05. The molecule has 0 aliphatic rings. The zero-order chi connectivity index (χ0) is 17.3. The summed E-state index contributed by atoms with van der Waals surface area (Å²) < 4.78 is 7.44. The smallest absolute Gasteiger partial charge is 0.212 e. The Morgan fingerprint density at radius 1 is 1.12 bits per heavy atom. The fourth-order valence-electron chi connectivity index (χ4n) is 2.17. The lowest BCUT2D eigenvalue weighted by molar-refractivity contribution is 0.317. The van der Waals surface area contributed by atoms with Crippen molar-refractivity contribution < 1.29 is 4.74 Å². The van der Waals surface area contributed by atoms with E-state index < -0.39 is 0 Å². The Morgan fingerprint density at radius 3 is 2.76 bits per heavy atom. The first-order chi connectivity index (χ1) is 12.4. The zero-order valence-electron chi connectivity index (χ0n) is 14.1. The Bertz CT molecular complexity index is 817. The molecule has 3 rings (SSSR count). The molecule has 6 heteroatoms. The molecular formula is C19H20N4OS. The molecule has 0 saturated heterocycles. The van der Waals surface area contributed by atoms with E-state index in [-0.39, 0.29) is 0 Å². The molecule has 1 heterocycles. The lowest BCUT2D eigenvalue weighted by Gasteiger charge is -2.07. The lowest BCUT2D eigenvalue weighted by Crippen LogP contribution is -1.99. The number of hydrogen-bond donors (Lipinski definition) is 0. The van der Waals surface area contributed by atoms with Gasteiger partial charge in [-0.3, -0.25) is 0 Å². The third kappa shape index (κ3) is 4.93. The Balaban J connectivity index is 1.70. The summed E-state index contributed by atoms with van der Waals surface area (Å²) in [6.45, 7) is 2.78. The van der Waals surface area contributed by atoms with Crippen molar-refractivity contribution in [2.45, 2.75) is 24.3 Å². The van der Waals surface area contributed by atoms with Gasteiger partial charge in [0.25, 0.3) is 0 Å². The molecule has 0 aliphatic carbocycles. The quantitative estimate of drug-likeness (QED) is 0.449.